The molecule has 1 heterocycles. The van der Waals surface area contributed by atoms with Crippen molar-refractivity contribution in [2.45, 2.75) is 79.4 Å². The average molecular weight is 264 g/mol. The first-order chi connectivity index (χ1) is 8.57. The molecule has 2 aliphatic carbocycles. The Morgan fingerprint density at radius 1 is 0.895 bits per heavy atom. The van der Waals surface area contributed by atoms with Gasteiger partial charge in [0.15, 0.2) is 0 Å². The van der Waals surface area contributed by atoms with Crippen molar-refractivity contribution in [2.24, 2.45) is 34.5 Å². The maximum Gasteiger partial charge on any atom is 0.0647 e. The summed E-state index contributed by atoms with van der Waals surface area (Å²) < 4.78 is 6.54. The highest BCUT2D eigenvalue weighted by Gasteiger charge is 2.64. The molecule has 0 radical (unpaired) electrons. The second-order valence-electron chi connectivity index (χ2n) is 9.38. The minimum absolute atomic E-state index is 0.107. The first-order valence-corrected chi connectivity index (χ1v) is 8.25. The third-order valence-corrected chi connectivity index (χ3v) is 7.36. The van der Waals surface area contributed by atoms with Crippen LogP contribution in [-0.2, 0) is 4.74 Å². The average Bonchev–Trinajstić information content (AvgIpc) is 2.65. The summed E-state index contributed by atoms with van der Waals surface area (Å²) in [5, 5.41) is 0. The largest absolute Gasteiger partial charge is 0.372 e. The number of hydrogen-bond acceptors (Lipinski definition) is 1. The molecule has 1 aliphatic heterocycles. The van der Waals surface area contributed by atoms with Gasteiger partial charge in [0, 0.05) is 0 Å². The van der Waals surface area contributed by atoms with E-state index >= 15 is 0 Å². The monoisotopic (exact) mass is 264 g/mol. The molecule has 0 N–H and O–H groups in total. The Balaban J connectivity index is 1.99. The fraction of sp³-hybridized carbons (Fsp3) is 1.00. The van der Waals surface area contributed by atoms with Crippen LogP contribution in [0, 0.1) is 34.5 Å². The van der Waals surface area contributed by atoms with Crippen LogP contribution < -0.4 is 0 Å². The quantitative estimate of drug-likeness (QED) is 0.605. The number of ether oxygens (including phenoxy) is 1. The van der Waals surface area contributed by atoms with Crippen molar-refractivity contribution in [3.05, 3.63) is 0 Å². The van der Waals surface area contributed by atoms with E-state index in [2.05, 4.69) is 48.5 Å². The molecule has 2 saturated carbocycles. The molecule has 0 bridgehead atoms. The summed E-state index contributed by atoms with van der Waals surface area (Å²) in [6.45, 7) is 17.1. The Morgan fingerprint density at radius 3 is 2.16 bits per heavy atom. The molecule has 110 valence electrons. The SMILES string of the molecule is C[C@H]1C(C)(C)[C@H]2[C@@H]3OC(C)(C)C[C@@H]3CC[C@H]2C1(C)C. The van der Waals surface area contributed by atoms with Crippen LogP contribution in [0.25, 0.3) is 0 Å². The van der Waals surface area contributed by atoms with E-state index in [4.69, 9.17) is 4.74 Å². The molecular formula is C18H32O. The molecule has 3 rings (SSSR count). The Kier molecular flexibility index (Phi) is 2.77. The molecule has 0 aromatic rings. The van der Waals surface area contributed by atoms with Gasteiger partial charge in [0.2, 0.25) is 0 Å². The molecule has 19 heavy (non-hydrogen) atoms. The number of rotatable bonds is 0. The zero-order valence-corrected chi connectivity index (χ0v) is 13.9. The van der Waals surface area contributed by atoms with E-state index in [1.807, 2.05) is 0 Å². The maximum absolute atomic E-state index is 6.54. The van der Waals surface area contributed by atoms with Crippen molar-refractivity contribution in [3.8, 4) is 0 Å². The van der Waals surface area contributed by atoms with Crippen LogP contribution in [0.2, 0.25) is 0 Å². The normalized spacial score (nSPS) is 49.7. The van der Waals surface area contributed by atoms with Crippen LogP contribution in [0.1, 0.15) is 67.7 Å². The molecule has 3 aliphatic rings. The smallest absolute Gasteiger partial charge is 0.0647 e. The summed E-state index contributed by atoms with van der Waals surface area (Å²) in [6, 6.07) is 0. The van der Waals surface area contributed by atoms with E-state index in [1.165, 1.54) is 19.3 Å². The molecule has 0 unspecified atom stereocenters. The van der Waals surface area contributed by atoms with Gasteiger partial charge in [-0.2, -0.15) is 0 Å². The predicted molar refractivity (Wildman–Crippen MR) is 80.0 cm³/mol. The first-order valence-electron chi connectivity index (χ1n) is 8.25. The summed E-state index contributed by atoms with van der Waals surface area (Å²) in [6.07, 6.45) is 4.60. The van der Waals surface area contributed by atoms with Gasteiger partial charge in [-0.05, 0) is 67.6 Å². The summed E-state index contributed by atoms with van der Waals surface area (Å²) >= 11 is 0. The van der Waals surface area contributed by atoms with E-state index in [9.17, 15) is 0 Å². The Morgan fingerprint density at radius 2 is 1.53 bits per heavy atom. The Bertz CT molecular complexity index is 379. The minimum atomic E-state index is 0.107. The summed E-state index contributed by atoms with van der Waals surface area (Å²) in [7, 11) is 0. The Labute approximate surface area is 119 Å². The molecule has 0 spiro atoms. The molecule has 1 saturated heterocycles. The molecule has 5 atom stereocenters. The minimum Gasteiger partial charge on any atom is -0.372 e. The summed E-state index contributed by atoms with van der Waals surface area (Å²) in [4.78, 5) is 0. The lowest BCUT2D eigenvalue weighted by atomic mass is 9.64. The van der Waals surface area contributed by atoms with Crippen molar-refractivity contribution in [3.63, 3.8) is 0 Å². The van der Waals surface area contributed by atoms with Crippen LogP contribution in [0.5, 0.6) is 0 Å². The molecular weight excluding hydrogens is 232 g/mol. The second kappa shape index (κ2) is 3.78. The predicted octanol–water partition coefficient (Wildman–Crippen LogP) is 4.90. The highest BCUT2D eigenvalue weighted by Crippen LogP contribution is 2.67. The molecule has 0 aromatic heterocycles. The molecule has 1 nitrogen and oxygen atoms in total. The highest BCUT2D eigenvalue weighted by atomic mass is 16.5. The lowest BCUT2D eigenvalue weighted by molar-refractivity contribution is -0.0952. The van der Waals surface area contributed by atoms with E-state index in [-0.39, 0.29) is 5.60 Å². The van der Waals surface area contributed by atoms with Gasteiger partial charge in [-0.3, -0.25) is 0 Å². The first kappa shape index (κ1) is 13.9. The molecule has 0 aromatic carbocycles. The van der Waals surface area contributed by atoms with Crippen LogP contribution in [0.15, 0.2) is 0 Å². The van der Waals surface area contributed by atoms with E-state index < -0.39 is 0 Å². The van der Waals surface area contributed by atoms with Gasteiger partial charge in [-0.15, -0.1) is 0 Å². The topological polar surface area (TPSA) is 9.23 Å². The van der Waals surface area contributed by atoms with Gasteiger partial charge >= 0.3 is 0 Å². The number of hydrogen-bond donors (Lipinski definition) is 0. The van der Waals surface area contributed by atoms with Gasteiger partial charge in [0.05, 0.1) is 11.7 Å². The van der Waals surface area contributed by atoms with Gasteiger partial charge in [0.25, 0.3) is 0 Å². The third-order valence-electron chi connectivity index (χ3n) is 7.36. The lowest BCUT2D eigenvalue weighted by Gasteiger charge is -2.43. The van der Waals surface area contributed by atoms with E-state index in [0.717, 1.165) is 23.7 Å². The second-order valence-corrected chi connectivity index (χ2v) is 9.38. The summed E-state index contributed by atoms with van der Waals surface area (Å²) in [5.41, 5.74) is 0.990. The number of fused-ring (bicyclic) bond motifs is 3. The lowest BCUT2D eigenvalue weighted by Crippen LogP contribution is -2.42. The van der Waals surface area contributed by atoms with Crippen molar-refractivity contribution in [2.75, 3.05) is 0 Å². The fourth-order valence-corrected chi connectivity index (χ4v) is 6.04. The molecule has 3 fully saturated rings. The Hall–Kier alpha value is -0.0400. The van der Waals surface area contributed by atoms with Crippen LogP contribution >= 0.6 is 0 Å². The molecule has 1 heteroatoms. The van der Waals surface area contributed by atoms with Crippen LogP contribution in [-0.4, -0.2) is 11.7 Å². The third kappa shape index (κ3) is 1.76. The highest BCUT2D eigenvalue weighted by molar-refractivity contribution is 5.12. The molecule has 0 amide bonds. The van der Waals surface area contributed by atoms with Gasteiger partial charge < -0.3 is 4.74 Å². The van der Waals surface area contributed by atoms with Crippen LogP contribution in [0.3, 0.4) is 0 Å². The fourth-order valence-electron chi connectivity index (χ4n) is 6.04. The maximum atomic E-state index is 6.54. The van der Waals surface area contributed by atoms with Crippen molar-refractivity contribution in [1.29, 1.82) is 0 Å². The zero-order valence-electron chi connectivity index (χ0n) is 13.9. The van der Waals surface area contributed by atoms with E-state index in [0.29, 0.717) is 16.9 Å². The van der Waals surface area contributed by atoms with Crippen molar-refractivity contribution >= 4 is 0 Å². The van der Waals surface area contributed by atoms with Crippen molar-refractivity contribution in [1.82, 2.24) is 0 Å². The van der Waals surface area contributed by atoms with Crippen LogP contribution in [0.4, 0.5) is 0 Å². The standard InChI is InChI=1S/C18H32O/c1-11-17(4,5)13-9-8-12-10-16(2,3)19-15(12)14(13)18(11,6)7/h11-15H,8-10H2,1-7H3/t11-,12+,13-,14-,15-/m1/s1. The zero-order chi connectivity index (χ0) is 14.2. The van der Waals surface area contributed by atoms with Gasteiger partial charge in [0.1, 0.15) is 0 Å². The van der Waals surface area contributed by atoms with E-state index in [1.54, 1.807) is 0 Å². The summed E-state index contributed by atoms with van der Waals surface area (Å²) in [5.74, 6) is 3.21. The van der Waals surface area contributed by atoms with Gasteiger partial charge in [-0.1, -0.05) is 34.6 Å². The van der Waals surface area contributed by atoms with Crippen molar-refractivity contribution < 1.29 is 4.74 Å². The van der Waals surface area contributed by atoms with Gasteiger partial charge in [-0.25, -0.2) is 0 Å².